The number of hydrogen-bond donors (Lipinski definition) is 0. The molecule has 1 aromatic carbocycles. The fourth-order valence-corrected chi connectivity index (χ4v) is 5.90. The van der Waals surface area contributed by atoms with Crippen molar-refractivity contribution in [2.75, 3.05) is 13.2 Å². The number of carbonyl (C=O) groups excluding carboxylic acids is 2. The van der Waals surface area contributed by atoms with Gasteiger partial charge in [0.2, 0.25) is 0 Å². The summed E-state index contributed by atoms with van der Waals surface area (Å²) in [6, 6.07) is 7.75. The summed E-state index contributed by atoms with van der Waals surface area (Å²) < 4.78 is 24.1. The van der Waals surface area contributed by atoms with Crippen LogP contribution in [0.3, 0.4) is 0 Å². The first-order chi connectivity index (χ1) is 16.5. The predicted octanol–water partition coefficient (Wildman–Crippen LogP) is 6.08. The monoisotopic (exact) mass is 488 g/mol. The van der Waals surface area contributed by atoms with Gasteiger partial charge in [-0.25, -0.2) is 0 Å². The quantitative estimate of drug-likeness (QED) is 0.129. The van der Waals surface area contributed by atoms with E-state index in [-0.39, 0.29) is 29.0 Å². The second kappa shape index (κ2) is 15.8. The third-order valence-electron chi connectivity index (χ3n) is 6.13. The molecule has 5 nitrogen and oxygen atoms in total. The first kappa shape index (κ1) is 28.2. The topological polar surface area (TPSA) is 75.7 Å². The van der Waals surface area contributed by atoms with Crippen LogP contribution in [0.15, 0.2) is 53.5 Å². The Morgan fingerprint density at radius 2 is 1.94 bits per heavy atom. The van der Waals surface area contributed by atoms with Crippen LogP contribution in [0, 0.1) is 18.8 Å². The number of esters is 2. The molecule has 0 aromatic heterocycles. The number of benzene rings is 1. The molecule has 2 rings (SSSR count). The van der Waals surface area contributed by atoms with Crippen molar-refractivity contribution in [3.05, 3.63) is 54.1 Å². The van der Waals surface area contributed by atoms with Gasteiger partial charge in [-0.1, -0.05) is 56.2 Å². The molecule has 34 heavy (non-hydrogen) atoms. The van der Waals surface area contributed by atoms with Gasteiger partial charge in [-0.15, -0.1) is 0 Å². The molecule has 6 heteroatoms. The van der Waals surface area contributed by atoms with Crippen molar-refractivity contribution in [3.63, 3.8) is 0 Å². The van der Waals surface area contributed by atoms with Crippen LogP contribution >= 0.6 is 0 Å². The van der Waals surface area contributed by atoms with Gasteiger partial charge in [0.1, 0.15) is 11.9 Å². The molecule has 4 unspecified atom stereocenters. The summed E-state index contributed by atoms with van der Waals surface area (Å²) in [5.41, 5.74) is 0.994. The lowest BCUT2D eigenvalue weighted by Crippen LogP contribution is -2.34. The van der Waals surface area contributed by atoms with E-state index in [4.69, 9.17) is 9.47 Å². The smallest absolute Gasteiger partial charge is 0.309 e. The van der Waals surface area contributed by atoms with Crippen molar-refractivity contribution in [1.29, 1.82) is 0 Å². The lowest BCUT2D eigenvalue weighted by Gasteiger charge is -2.26. The van der Waals surface area contributed by atoms with Crippen LogP contribution < -0.4 is 0 Å². The molecule has 1 fully saturated rings. The van der Waals surface area contributed by atoms with E-state index in [0.29, 0.717) is 32.5 Å². The molecule has 0 spiro atoms. The maximum absolute atomic E-state index is 13.7. The van der Waals surface area contributed by atoms with E-state index in [1.54, 1.807) is 6.92 Å². The van der Waals surface area contributed by atoms with Crippen LogP contribution in [0.2, 0.25) is 0 Å². The molecule has 1 heterocycles. The second-order valence-corrected chi connectivity index (χ2v) is 10.3. The van der Waals surface area contributed by atoms with Crippen LogP contribution in [0.1, 0.15) is 70.8 Å². The first-order valence-electron chi connectivity index (χ1n) is 12.6. The number of allylic oxidation sites excluding steroid dienone is 3. The molecule has 1 aliphatic rings. The molecule has 0 aliphatic carbocycles. The van der Waals surface area contributed by atoms with E-state index < -0.39 is 11.2 Å². The largest absolute Gasteiger partial charge is 0.611 e. The van der Waals surface area contributed by atoms with Crippen molar-refractivity contribution in [2.45, 2.75) is 82.3 Å². The Bertz CT molecular complexity index is 819. The molecule has 1 aromatic rings. The highest BCUT2D eigenvalue weighted by atomic mass is 32.2. The summed E-state index contributed by atoms with van der Waals surface area (Å²) >= 11 is -1.28. The number of rotatable bonds is 15. The van der Waals surface area contributed by atoms with E-state index in [1.165, 1.54) is 6.42 Å². The maximum Gasteiger partial charge on any atom is 0.309 e. The molecule has 4 atom stereocenters. The number of unbranched alkanes of at least 4 members (excludes halogenated alkanes) is 4. The van der Waals surface area contributed by atoms with Crippen LogP contribution in [-0.4, -0.2) is 35.0 Å². The number of carbonyl (C=O) groups is 2. The van der Waals surface area contributed by atoms with Crippen LogP contribution in [0.4, 0.5) is 0 Å². The summed E-state index contributed by atoms with van der Waals surface area (Å²) in [6.45, 7) is 6.65. The number of hydrogen-bond acceptors (Lipinski definition) is 5. The Morgan fingerprint density at radius 3 is 2.68 bits per heavy atom. The van der Waals surface area contributed by atoms with E-state index in [1.807, 2.05) is 43.3 Å². The summed E-state index contributed by atoms with van der Waals surface area (Å²) in [5, 5.41) is -0.281. The van der Waals surface area contributed by atoms with Gasteiger partial charge in [-0.05, 0) is 69.3 Å². The molecule has 0 radical (unpaired) electrons. The summed E-state index contributed by atoms with van der Waals surface area (Å²) in [4.78, 5) is 24.8. The van der Waals surface area contributed by atoms with Gasteiger partial charge in [-0.3, -0.25) is 9.59 Å². The Labute approximate surface area is 208 Å². The highest BCUT2D eigenvalue weighted by Gasteiger charge is 2.45. The molecule has 1 aliphatic heterocycles. The SMILES string of the molecule is CCCCCC=CC(C1COC(=O)C1CC=CCCCC(=O)OCC)[S+]([O-])c1ccccc1C. The Balaban J connectivity index is 2.08. The Hall–Kier alpha value is -2.05. The summed E-state index contributed by atoms with van der Waals surface area (Å²) in [6.07, 6.45) is 15.0. The normalized spacial score (nSPS) is 20.1. The first-order valence-corrected chi connectivity index (χ1v) is 13.8. The van der Waals surface area contributed by atoms with Crippen molar-refractivity contribution in [2.24, 2.45) is 11.8 Å². The molecular weight excluding hydrogens is 448 g/mol. The summed E-state index contributed by atoms with van der Waals surface area (Å²) in [5.74, 6) is -0.853. The zero-order valence-electron chi connectivity index (χ0n) is 20.9. The van der Waals surface area contributed by atoms with Crippen molar-refractivity contribution >= 4 is 23.1 Å². The zero-order chi connectivity index (χ0) is 24.8. The van der Waals surface area contributed by atoms with Crippen LogP contribution in [-0.2, 0) is 30.2 Å². The van der Waals surface area contributed by atoms with Gasteiger partial charge in [-0.2, -0.15) is 0 Å². The molecular formula is C28H40O5S. The van der Waals surface area contributed by atoms with E-state index in [9.17, 15) is 14.1 Å². The van der Waals surface area contributed by atoms with Gasteiger partial charge in [0, 0.05) is 12.0 Å². The molecule has 188 valence electrons. The minimum atomic E-state index is -1.28. The standard InChI is InChI=1S/C28H40O5S/c1-4-6-7-8-12-19-26(34(31)25-18-15-14-16-22(25)3)24-21-33-28(30)23(24)17-11-9-10-13-20-27(29)32-5-2/h9,11-12,14-16,18-19,23-24,26H,4-8,10,13,17,20-21H2,1-3H3. The number of aryl methyl sites for hydroxylation is 1. The molecule has 0 bridgehead atoms. The Kier molecular flexibility index (Phi) is 13.1. The van der Waals surface area contributed by atoms with Crippen molar-refractivity contribution in [1.82, 2.24) is 0 Å². The minimum Gasteiger partial charge on any atom is -0.611 e. The third-order valence-corrected chi connectivity index (χ3v) is 8.02. The average molecular weight is 489 g/mol. The van der Waals surface area contributed by atoms with Gasteiger partial charge < -0.3 is 14.0 Å². The highest BCUT2D eigenvalue weighted by molar-refractivity contribution is 7.92. The van der Waals surface area contributed by atoms with Gasteiger partial charge in [0.25, 0.3) is 0 Å². The lowest BCUT2D eigenvalue weighted by atomic mass is 9.88. The summed E-state index contributed by atoms with van der Waals surface area (Å²) in [7, 11) is 0. The van der Waals surface area contributed by atoms with Crippen molar-refractivity contribution < 1.29 is 23.6 Å². The van der Waals surface area contributed by atoms with E-state index >= 15 is 0 Å². The third kappa shape index (κ3) is 8.95. The zero-order valence-corrected chi connectivity index (χ0v) is 21.7. The Morgan fingerprint density at radius 1 is 1.18 bits per heavy atom. The second-order valence-electron chi connectivity index (χ2n) is 8.76. The van der Waals surface area contributed by atoms with E-state index in [2.05, 4.69) is 19.1 Å². The van der Waals surface area contributed by atoms with Gasteiger partial charge in [0.15, 0.2) is 4.90 Å². The van der Waals surface area contributed by atoms with Crippen LogP contribution in [0.25, 0.3) is 0 Å². The highest BCUT2D eigenvalue weighted by Crippen LogP contribution is 2.36. The average Bonchev–Trinajstić information content (AvgIpc) is 3.18. The van der Waals surface area contributed by atoms with E-state index in [0.717, 1.165) is 36.1 Å². The molecule has 0 amide bonds. The van der Waals surface area contributed by atoms with Gasteiger partial charge >= 0.3 is 11.9 Å². The predicted molar refractivity (Wildman–Crippen MR) is 137 cm³/mol. The molecule has 0 saturated carbocycles. The minimum absolute atomic E-state index is 0.139. The number of ether oxygens (including phenoxy) is 2. The number of cyclic esters (lactones) is 1. The molecule has 0 N–H and O–H groups in total. The fraction of sp³-hybridized carbons (Fsp3) is 0.571. The fourth-order valence-electron chi connectivity index (χ4n) is 4.17. The maximum atomic E-state index is 13.7. The molecule has 1 saturated heterocycles. The van der Waals surface area contributed by atoms with Crippen molar-refractivity contribution in [3.8, 4) is 0 Å². The lowest BCUT2D eigenvalue weighted by molar-refractivity contribution is -0.143. The van der Waals surface area contributed by atoms with Gasteiger partial charge in [0.05, 0.1) is 18.4 Å². The van der Waals surface area contributed by atoms with Crippen LogP contribution in [0.5, 0.6) is 0 Å².